The molecule has 3 N–H and O–H groups in total. The number of aliphatic hydroxyl groups is 1. The normalized spacial score (nSPS) is 21.7. The molecule has 0 aromatic heterocycles. The first-order valence-electron chi connectivity index (χ1n) is 5.85. The third-order valence-electron chi connectivity index (χ3n) is 3.28. The smallest absolute Gasteiger partial charge is 0.237 e. The molecular formula is C11H22N2O2. The van der Waals surface area contributed by atoms with Gasteiger partial charge in [-0.2, -0.15) is 0 Å². The van der Waals surface area contributed by atoms with Gasteiger partial charge in [0.05, 0.1) is 11.6 Å². The van der Waals surface area contributed by atoms with Crippen LogP contribution in [0.25, 0.3) is 0 Å². The number of hydrogen-bond donors (Lipinski definition) is 3. The lowest BCUT2D eigenvalue weighted by Crippen LogP contribution is -2.47. The number of amides is 1. The third kappa shape index (κ3) is 3.47. The van der Waals surface area contributed by atoms with Crippen molar-refractivity contribution in [2.24, 2.45) is 0 Å². The van der Waals surface area contributed by atoms with Crippen molar-refractivity contribution in [2.75, 3.05) is 13.1 Å². The molecule has 0 unspecified atom stereocenters. The van der Waals surface area contributed by atoms with Crippen LogP contribution in [0.2, 0.25) is 0 Å². The molecule has 0 aromatic carbocycles. The van der Waals surface area contributed by atoms with E-state index in [2.05, 4.69) is 10.6 Å². The van der Waals surface area contributed by atoms with E-state index in [0.717, 1.165) is 19.4 Å². The van der Waals surface area contributed by atoms with Crippen LogP contribution >= 0.6 is 0 Å². The Bertz CT molecular complexity index is 209. The highest BCUT2D eigenvalue weighted by Crippen LogP contribution is 2.13. The van der Waals surface area contributed by atoms with Gasteiger partial charge in [0.25, 0.3) is 0 Å². The molecule has 4 heteroatoms. The van der Waals surface area contributed by atoms with Crippen LogP contribution in [0.5, 0.6) is 0 Å². The summed E-state index contributed by atoms with van der Waals surface area (Å²) in [5, 5.41) is 15.9. The summed E-state index contributed by atoms with van der Waals surface area (Å²) in [6.45, 7) is 5.15. The van der Waals surface area contributed by atoms with Gasteiger partial charge in [-0.25, -0.2) is 0 Å². The Morgan fingerprint density at radius 2 is 2.20 bits per heavy atom. The first-order chi connectivity index (χ1) is 7.11. The Balaban J connectivity index is 2.32. The van der Waals surface area contributed by atoms with E-state index in [9.17, 15) is 9.90 Å². The molecule has 88 valence electrons. The molecule has 15 heavy (non-hydrogen) atoms. The van der Waals surface area contributed by atoms with Crippen molar-refractivity contribution < 1.29 is 9.90 Å². The van der Waals surface area contributed by atoms with Gasteiger partial charge in [0, 0.05) is 6.54 Å². The molecule has 4 nitrogen and oxygen atoms in total. The van der Waals surface area contributed by atoms with Gasteiger partial charge in [-0.3, -0.25) is 4.79 Å². The van der Waals surface area contributed by atoms with Gasteiger partial charge in [-0.15, -0.1) is 0 Å². The van der Waals surface area contributed by atoms with E-state index in [1.54, 1.807) is 0 Å². The first-order valence-corrected chi connectivity index (χ1v) is 5.85. The molecular weight excluding hydrogens is 192 g/mol. The van der Waals surface area contributed by atoms with Crippen LogP contribution in [0.1, 0.15) is 39.5 Å². The zero-order valence-corrected chi connectivity index (χ0v) is 9.68. The standard InChI is InChI=1S/C11H22N2O2/c1-3-11(15,4-2)8-13-10(14)9-6-5-7-12-9/h9,12,15H,3-8H2,1-2H3,(H,13,14)/t9-/m0/s1. The first kappa shape index (κ1) is 12.5. The van der Waals surface area contributed by atoms with E-state index >= 15 is 0 Å². The zero-order valence-electron chi connectivity index (χ0n) is 9.68. The van der Waals surface area contributed by atoms with Crippen molar-refractivity contribution >= 4 is 5.91 Å². The molecule has 1 aliphatic heterocycles. The Hall–Kier alpha value is -0.610. The summed E-state index contributed by atoms with van der Waals surface area (Å²) in [5.74, 6) is 0.0211. The largest absolute Gasteiger partial charge is 0.388 e. The molecule has 0 aromatic rings. The second-order valence-corrected chi connectivity index (χ2v) is 4.30. The SMILES string of the molecule is CCC(O)(CC)CNC(=O)[C@@H]1CCCN1. The van der Waals surface area contributed by atoms with Crippen LogP contribution < -0.4 is 10.6 Å². The molecule has 0 bridgehead atoms. The Labute approximate surface area is 91.4 Å². The highest BCUT2D eigenvalue weighted by atomic mass is 16.3. The molecule has 0 radical (unpaired) electrons. The van der Waals surface area contributed by atoms with Gasteiger partial charge in [-0.05, 0) is 32.2 Å². The van der Waals surface area contributed by atoms with Crippen LogP contribution in [-0.2, 0) is 4.79 Å². The van der Waals surface area contributed by atoms with Crippen molar-refractivity contribution in [3.05, 3.63) is 0 Å². The average Bonchev–Trinajstić information content (AvgIpc) is 2.79. The lowest BCUT2D eigenvalue weighted by Gasteiger charge is -2.26. The van der Waals surface area contributed by atoms with E-state index in [1.165, 1.54) is 0 Å². The van der Waals surface area contributed by atoms with E-state index < -0.39 is 5.60 Å². The van der Waals surface area contributed by atoms with Crippen molar-refractivity contribution in [3.8, 4) is 0 Å². The summed E-state index contributed by atoms with van der Waals surface area (Å²) in [5.41, 5.74) is -0.742. The predicted octanol–water partition coefficient (Wildman–Crippen LogP) is 0.406. The van der Waals surface area contributed by atoms with Crippen LogP contribution in [0, 0.1) is 0 Å². The van der Waals surface area contributed by atoms with Crippen molar-refractivity contribution in [1.29, 1.82) is 0 Å². The maximum absolute atomic E-state index is 11.6. The fraction of sp³-hybridized carbons (Fsp3) is 0.909. The highest BCUT2D eigenvalue weighted by Gasteiger charge is 2.26. The molecule has 0 aliphatic carbocycles. The van der Waals surface area contributed by atoms with E-state index in [0.29, 0.717) is 19.4 Å². The van der Waals surface area contributed by atoms with Gasteiger partial charge < -0.3 is 15.7 Å². The topological polar surface area (TPSA) is 61.4 Å². The summed E-state index contributed by atoms with van der Waals surface area (Å²) in [7, 11) is 0. The van der Waals surface area contributed by atoms with Gasteiger partial charge in [0.1, 0.15) is 0 Å². The number of rotatable bonds is 5. The quantitative estimate of drug-likeness (QED) is 0.621. The third-order valence-corrected chi connectivity index (χ3v) is 3.28. The molecule has 1 heterocycles. The van der Waals surface area contributed by atoms with Gasteiger partial charge in [0.15, 0.2) is 0 Å². The molecule has 1 rings (SSSR count). The summed E-state index contributed by atoms with van der Waals surface area (Å²) in [6.07, 6.45) is 3.30. The zero-order chi connectivity index (χ0) is 11.3. The lowest BCUT2D eigenvalue weighted by molar-refractivity contribution is -0.124. The maximum Gasteiger partial charge on any atom is 0.237 e. The molecule has 0 spiro atoms. The highest BCUT2D eigenvalue weighted by molar-refractivity contribution is 5.82. The predicted molar refractivity (Wildman–Crippen MR) is 59.6 cm³/mol. The number of nitrogens with one attached hydrogen (secondary N) is 2. The lowest BCUT2D eigenvalue weighted by atomic mass is 9.97. The number of carbonyl (C=O) groups excluding carboxylic acids is 1. The minimum Gasteiger partial charge on any atom is -0.388 e. The Morgan fingerprint density at radius 1 is 1.53 bits per heavy atom. The number of hydrogen-bond acceptors (Lipinski definition) is 3. The van der Waals surface area contributed by atoms with Crippen LogP contribution in [0.3, 0.4) is 0 Å². The minimum absolute atomic E-state index is 0.0211. The van der Waals surface area contributed by atoms with Crippen molar-refractivity contribution in [2.45, 2.75) is 51.2 Å². The fourth-order valence-electron chi connectivity index (χ4n) is 1.78. The molecule has 1 aliphatic rings. The second-order valence-electron chi connectivity index (χ2n) is 4.30. The van der Waals surface area contributed by atoms with Crippen LogP contribution in [-0.4, -0.2) is 35.7 Å². The van der Waals surface area contributed by atoms with Gasteiger partial charge in [-0.1, -0.05) is 13.8 Å². The Kier molecular flexibility index (Phi) is 4.54. The fourth-order valence-corrected chi connectivity index (χ4v) is 1.78. The molecule has 1 amide bonds. The van der Waals surface area contributed by atoms with Crippen LogP contribution in [0.4, 0.5) is 0 Å². The monoisotopic (exact) mass is 214 g/mol. The van der Waals surface area contributed by atoms with Gasteiger partial charge >= 0.3 is 0 Å². The summed E-state index contributed by atoms with van der Waals surface area (Å²) in [6, 6.07) is -0.0528. The van der Waals surface area contributed by atoms with Crippen molar-refractivity contribution in [3.63, 3.8) is 0 Å². The van der Waals surface area contributed by atoms with E-state index in [-0.39, 0.29) is 11.9 Å². The average molecular weight is 214 g/mol. The molecule has 1 atom stereocenters. The second kappa shape index (κ2) is 5.47. The molecule has 1 saturated heterocycles. The van der Waals surface area contributed by atoms with Gasteiger partial charge in [0.2, 0.25) is 5.91 Å². The summed E-state index contributed by atoms with van der Waals surface area (Å²) >= 11 is 0. The maximum atomic E-state index is 11.6. The molecule has 0 saturated carbocycles. The number of carbonyl (C=O) groups is 1. The Morgan fingerprint density at radius 3 is 2.67 bits per heavy atom. The van der Waals surface area contributed by atoms with Crippen molar-refractivity contribution in [1.82, 2.24) is 10.6 Å². The summed E-state index contributed by atoms with van der Waals surface area (Å²) < 4.78 is 0. The van der Waals surface area contributed by atoms with E-state index in [4.69, 9.17) is 0 Å². The van der Waals surface area contributed by atoms with E-state index in [1.807, 2.05) is 13.8 Å². The molecule has 1 fully saturated rings. The summed E-state index contributed by atoms with van der Waals surface area (Å²) in [4.78, 5) is 11.6. The van der Waals surface area contributed by atoms with Crippen LogP contribution in [0.15, 0.2) is 0 Å². The minimum atomic E-state index is -0.742.